The smallest absolute Gasteiger partial charge is 1.00 e. The fourth-order valence-corrected chi connectivity index (χ4v) is 9.75. The maximum atomic E-state index is 13.5. The summed E-state index contributed by atoms with van der Waals surface area (Å²) in [6, 6.07) is 0. The van der Waals surface area contributed by atoms with Gasteiger partial charge in [-0.2, -0.15) is 0 Å². The molecule has 0 fully saturated rings. The number of hydrogen-bond donors (Lipinski definition) is 0. The van der Waals surface area contributed by atoms with Gasteiger partial charge in [0, 0.05) is 0 Å². The Morgan fingerprint density at radius 2 is 0.725 bits per heavy atom. The molecule has 0 saturated heterocycles. The number of unbranched alkanes of at least 4 members (excludes halogenated alkanes) is 22. The molecule has 40 heavy (non-hydrogen) atoms. The van der Waals surface area contributed by atoms with E-state index in [-0.39, 0.29) is 24.0 Å². The average molecular weight is 763 g/mol. The molecule has 0 radical (unpaired) electrons. The topological polar surface area (TPSA) is 35.5 Å². The molecule has 0 aromatic heterocycles. The molecule has 0 rings (SSSR count). The van der Waals surface area contributed by atoms with Gasteiger partial charge in [-0.05, 0) is 0 Å². The van der Waals surface area contributed by atoms with Crippen LogP contribution in [-0.4, -0.2) is 32.9 Å². The van der Waals surface area contributed by atoms with E-state index in [1.807, 2.05) is 0 Å². The van der Waals surface area contributed by atoms with Crippen molar-refractivity contribution in [1.29, 1.82) is 0 Å². The molecule has 0 aromatic rings. The summed E-state index contributed by atoms with van der Waals surface area (Å²) in [5, 5.41) is 1.23. The predicted molar refractivity (Wildman–Crippen MR) is 179 cm³/mol. The van der Waals surface area contributed by atoms with Gasteiger partial charge in [0.2, 0.25) is 0 Å². The molecule has 0 heterocycles. The van der Waals surface area contributed by atoms with Gasteiger partial charge in [0.1, 0.15) is 0 Å². The van der Waals surface area contributed by atoms with Gasteiger partial charge in [-0.25, -0.2) is 0 Å². The zero-order chi connectivity index (χ0) is 28.9. The van der Waals surface area contributed by atoms with Crippen molar-refractivity contribution < 1.29 is 37.6 Å². The van der Waals surface area contributed by atoms with Crippen molar-refractivity contribution in [3.8, 4) is 0 Å². The maximum absolute atomic E-state index is 13.5. The summed E-state index contributed by atoms with van der Waals surface area (Å²) in [6.45, 7) is 5.77. The third-order valence-electron chi connectivity index (χ3n) is 7.83. The van der Waals surface area contributed by atoms with E-state index in [0.717, 1.165) is 19.3 Å². The Kier molecular flexibility index (Phi) is 34.7. The fraction of sp³-hybridized carbons (Fsp3) is 1.00. The summed E-state index contributed by atoms with van der Waals surface area (Å²) in [4.78, 5) is 0. The third kappa shape index (κ3) is 33.9. The Bertz CT molecular complexity index is 508. The van der Waals surface area contributed by atoms with Crippen LogP contribution in [0, 0.1) is 0 Å². The van der Waals surface area contributed by atoms with Crippen molar-refractivity contribution in [2.75, 3.05) is 19.4 Å². The van der Waals surface area contributed by atoms with Crippen LogP contribution in [-0.2, 0) is 13.6 Å². The Hall–Kier alpha value is 1.44. The van der Waals surface area contributed by atoms with Gasteiger partial charge < -0.3 is 24.0 Å². The zero-order valence-corrected chi connectivity index (χ0v) is 32.9. The summed E-state index contributed by atoms with van der Waals surface area (Å²) in [5.41, 5.74) is 7.26. The van der Waals surface area contributed by atoms with E-state index in [9.17, 15) is 4.57 Å². The molecule has 6 heteroatoms. The first kappa shape index (κ1) is 43.6. The molecular formula is C34H73AsIO3P. The molecule has 3 nitrogen and oxygen atoms in total. The monoisotopic (exact) mass is 762 g/mol. The van der Waals surface area contributed by atoms with E-state index in [1.165, 1.54) is 146 Å². The van der Waals surface area contributed by atoms with Crippen LogP contribution in [0.5, 0.6) is 0 Å². The third-order valence-corrected chi connectivity index (χ3v) is 13.3. The Balaban J connectivity index is 0. The van der Waals surface area contributed by atoms with E-state index < -0.39 is 21.1 Å². The van der Waals surface area contributed by atoms with E-state index in [2.05, 4.69) is 31.0 Å². The molecule has 0 saturated carbocycles. The summed E-state index contributed by atoms with van der Waals surface area (Å²) < 4.78 is 25.5. The van der Waals surface area contributed by atoms with Crippen LogP contribution in [0.1, 0.15) is 174 Å². The van der Waals surface area contributed by atoms with Gasteiger partial charge in [0.15, 0.2) is 0 Å². The van der Waals surface area contributed by atoms with Crippen LogP contribution in [0.4, 0.5) is 0 Å². The van der Waals surface area contributed by atoms with Crippen molar-refractivity contribution in [1.82, 2.24) is 0 Å². The number of hydrogen-bond acceptors (Lipinski definition) is 3. The minimum Gasteiger partial charge on any atom is -1.00 e. The van der Waals surface area contributed by atoms with Gasteiger partial charge >= 0.3 is 160 Å². The SMILES string of the molecule is CCCCCCCCCCCCCCOP(=O)(CCC[As+](C)(C)C)OCCCCCCCCCCCCCC.[I-]. The van der Waals surface area contributed by atoms with Crippen molar-refractivity contribution in [3.05, 3.63) is 0 Å². The molecule has 0 amide bonds. The van der Waals surface area contributed by atoms with Crippen LogP contribution < -0.4 is 24.0 Å². The molecule has 0 unspecified atom stereocenters. The molecule has 0 aliphatic carbocycles. The Labute approximate surface area is 273 Å². The van der Waals surface area contributed by atoms with Gasteiger partial charge in [0.05, 0.1) is 0 Å². The standard InChI is InChI=1S/C34H73AsO3P.HI/c1-6-8-10-12-14-16-18-20-22-24-26-28-32-37-39(36,34-30-31-35(3,4)5)38-33-29-27-25-23-21-19-17-15-13-11-9-7-2;/h6-34H2,1-5H3;1H/q+1;/p-1. The van der Waals surface area contributed by atoms with E-state index in [4.69, 9.17) is 9.05 Å². The summed E-state index contributed by atoms with van der Waals surface area (Å²) >= 11 is -1.46. The zero-order valence-electron chi connectivity index (χ0n) is 28.0. The van der Waals surface area contributed by atoms with E-state index >= 15 is 0 Å². The summed E-state index contributed by atoms with van der Waals surface area (Å²) in [7, 11) is -2.94. The van der Waals surface area contributed by atoms with Crippen molar-refractivity contribution in [2.24, 2.45) is 0 Å². The first-order valence-corrected chi connectivity index (χ1v) is 26.2. The molecule has 0 aliphatic heterocycles. The fourth-order valence-electron chi connectivity index (χ4n) is 5.20. The van der Waals surface area contributed by atoms with Crippen LogP contribution >= 0.6 is 7.60 Å². The summed E-state index contributed by atoms with van der Waals surface area (Å²) in [6.07, 6.45) is 33.5. The first-order chi connectivity index (χ1) is 18.8. The quantitative estimate of drug-likeness (QED) is 0.0296. The molecule has 0 N–H and O–H groups in total. The molecule has 0 spiro atoms. The second-order valence-corrected chi connectivity index (χ2v) is 25.9. The Morgan fingerprint density at radius 1 is 0.450 bits per heavy atom. The van der Waals surface area contributed by atoms with Crippen molar-refractivity contribution >= 4 is 21.1 Å². The van der Waals surface area contributed by atoms with Gasteiger partial charge in [0.25, 0.3) is 0 Å². The molecule has 0 aliphatic rings. The minimum absolute atomic E-state index is 0. The van der Waals surface area contributed by atoms with E-state index in [0.29, 0.717) is 19.4 Å². The average Bonchev–Trinajstić information content (AvgIpc) is 2.89. The number of halogens is 1. The Morgan fingerprint density at radius 3 is 1.00 bits per heavy atom. The first-order valence-electron chi connectivity index (χ1n) is 17.5. The molecule has 0 aromatic carbocycles. The number of rotatable bonds is 32. The van der Waals surface area contributed by atoms with Crippen LogP contribution in [0.2, 0.25) is 22.3 Å². The van der Waals surface area contributed by atoms with Crippen LogP contribution in [0.25, 0.3) is 0 Å². The van der Waals surface area contributed by atoms with Crippen molar-refractivity contribution in [3.63, 3.8) is 0 Å². The molecule has 0 bridgehead atoms. The summed E-state index contributed by atoms with van der Waals surface area (Å²) in [5.74, 6) is 0. The second kappa shape index (κ2) is 31.9. The van der Waals surface area contributed by atoms with E-state index in [1.54, 1.807) is 0 Å². The molecule has 244 valence electrons. The molecular weight excluding hydrogens is 689 g/mol. The minimum atomic E-state index is -2.94. The normalized spacial score (nSPS) is 12.1. The van der Waals surface area contributed by atoms with Gasteiger partial charge in [-0.3, -0.25) is 0 Å². The van der Waals surface area contributed by atoms with Crippen LogP contribution in [0.15, 0.2) is 0 Å². The molecule has 0 atom stereocenters. The predicted octanol–water partition coefficient (Wildman–Crippen LogP) is 10.3. The van der Waals surface area contributed by atoms with Crippen LogP contribution in [0.3, 0.4) is 0 Å². The van der Waals surface area contributed by atoms with Gasteiger partial charge in [-0.15, -0.1) is 0 Å². The van der Waals surface area contributed by atoms with Gasteiger partial charge in [-0.1, -0.05) is 90.9 Å². The van der Waals surface area contributed by atoms with Crippen molar-refractivity contribution in [2.45, 2.75) is 197 Å². The second-order valence-electron chi connectivity index (χ2n) is 13.1.